The Hall–Kier alpha value is -4.44. The summed E-state index contributed by atoms with van der Waals surface area (Å²) in [5.41, 5.74) is 10.5. The van der Waals surface area contributed by atoms with Crippen LogP contribution in [0.25, 0.3) is 16.5 Å². The van der Waals surface area contributed by atoms with E-state index in [1.165, 1.54) is 5.56 Å². The van der Waals surface area contributed by atoms with Crippen LogP contribution < -0.4 is 0 Å². The van der Waals surface area contributed by atoms with E-state index in [1.54, 1.807) is 0 Å². The minimum absolute atomic E-state index is 0.533. The van der Waals surface area contributed by atoms with Gasteiger partial charge in [0.25, 0.3) is 0 Å². The van der Waals surface area contributed by atoms with Crippen LogP contribution in [-0.4, -0.2) is 28.7 Å². The highest BCUT2D eigenvalue weighted by Crippen LogP contribution is 2.34. The number of aryl methyl sites for hydroxylation is 1. The molecule has 0 saturated carbocycles. The lowest BCUT2D eigenvalue weighted by atomic mass is 9.99. The van der Waals surface area contributed by atoms with Crippen LogP contribution in [0.1, 0.15) is 77.5 Å². The van der Waals surface area contributed by atoms with E-state index in [1.807, 2.05) is 19.9 Å². The third kappa shape index (κ3) is 9.28. The van der Waals surface area contributed by atoms with Crippen molar-refractivity contribution in [2.75, 3.05) is 6.54 Å². The second-order valence-corrected chi connectivity index (χ2v) is 11.1. The predicted molar refractivity (Wildman–Crippen MR) is 194 cm³/mol. The summed E-state index contributed by atoms with van der Waals surface area (Å²) >= 11 is 0. The minimum Gasteiger partial charge on any atom is -0.279 e. The second-order valence-electron chi connectivity index (χ2n) is 11.1. The fourth-order valence-electron chi connectivity index (χ4n) is 5.18. The van der Waals surface area contributed by atoms with Gasteiger partial charge in [-0.1, -0.05) is 85.5 Å². The maximum atomic E-state index is 5.14. The van der Waals surface area contributed by atoms with Crippen LogP contribution in [0.5, 0.6) is 0 Å². The molecule has 3 heterocycles. The van der Waals surface area contributed by atoms with Gasteiger partial charge in [-0.05, 0) is 102 Å². The first-order valence-corrected chi connectivity index (χ1v) is 15.9. The predicted octanol–water partition coefficient (Wildman–Crippen LogP) is 10.8. The number of allylic oxidation sites excluding steroid dienone is 14. The molecule has 4 rings (SSSR count). The molecule has 0 spiro atoms. The molecular formula is C40H46N4. The Morgan fingerprint density at radius 1 is 0.909 bits per heavy atom. The molecule has 0 fully saturated rings. The van der Waals surface area contributed by atoms with Gasteiger partial charge in [-0.3, -0.25) is 15.0 Å². The molecule has 2 aliphatic rings. The molecule has 2 aliphatic heterocycles. The van der Waals surface area contributed by atoms with E-state index in [-0.39, 0.29) is 0 Å². The zero-order chi connectivity index (χ0) is 31.1. The van der Waals surface area contributed by atoms with Crippen molar-refractivity contribution < 1.29 is 0 Å². The van der Waals surface area contributed by atoms with E-state index < -0.39 is 0 Å². The van der Waals surface area contributed by atoms with Gasteiger partial charge in [-0.15, -0.1) is 0 Å². The van der Waals surface area contributed by atoms with Gasteiger partial charge in [0.2, 0.25) is 0 Å². The molecule has 0 saturated heterocycles. The molecule has 0 aliphatic carbocycles. The Bertz CT molecular complexity index is 1650. The normalized spacial score (nSPS) is 16.5. The van der Waals surface area contributed by atoms with Gasteiger partial charge in [0.1, 0.15) is 0 Å². The highest BCUT2D eigenvalue weighted by molar-refractivity contribution is 6.06. The molecule has 44 heavy (non-hydrogen) atoms. The minimum atomic E-state index is 0.533. The van der Waals surface area contributed by atoms with Gasteiger partial charge in [-0.2, -0.15) is 0 Å². The molecule has 0 N–H and O–H groups in total. The summed E-state index contributed by atoms with van der Waals surface area (Å²) in [5, 5.41) is 1.11. The van der Waals surface area contributed by atoms with E-state index in [0.29, 0.717) is 6.54 Å². The van der Waals surface area contributed by atoms with Crippen molar-refractivity contribution in [1.82, 2.24) is 4.98 Å². The first-order chi connectivity index (χ1) is 21.5. The number of pyridine rings is 1. The van der Waals surface area contributed by atoms with Crippen LogP contribution in [0.3, 0.4) is 0 Å². The summed E-state index contributed by atoms with van der Waals surface area (Å²) in [6.07, 6.45) is 32.1. The lowest BCUT2D eigenvalue weighted by Gasteiger charge is -2.15. The Morgan fingerprint density at radius 3 is 2.57 bits per heavy atom. The zero-order valence-electron chi connectivity index (χ0n) is 26.9. The molecular weight excluding hydrogens is 536 g/mol. The summed E-state index contributed by atoms with van der Waals surface area (Å²) in [6.45, 7) is 13.1. The largest absolute Gasteiger partial charge is 0.279 e. The number of aromatic nitrogens is 1. The summed E-state index contributed by atoms with van der Waals surface area (Å²) in [7, 11) is 0. The van der Waals surface area contributed by atoms with E-state index in [0.717, 1.165) is 101 Å². The van der Waals surface area contributed by atoms with E-state index in [2.05, 4.69) is 112 Å². The van der Waals surface area contributed by atoms with Gasteiger partial charge in [0, 0.05) is 22.4 Å². The van der Waals surface area contributed by atoms with Crippen LogP contribution >= 0.6 is 0 Å². The van der Waals surface area contributed by atoms with E-state index in [9.17, 15) is 0 Å². The van der Waals surface area contributed by atoms with Crippen molar-refractivity contribution in [2.24, 2.45) is 15.0 Å². The monoisotopic (exact) mass is 582 g/mol. The summed E-state index contributed by atoms with van der Waals surface area (Å²) < 4.78 is 0. The van der Waals surface area contributed by atoms with Gasteiger partial charge >= 0.3 is 0 Å². The van der Waals surface area contributed by atoms with Gasteiger partial charge < -0.3 is 0 Å². The molecule has 1 aromatic heterocycles. The average Bonchev–Trinajstić information content (AvgIpc) is 3.05. The Morgan fingerprint density at radius 2 is 1.75 bits per heavy atom. The molecule has 4 heteroatoms. The Labute approximate surface area is 264 Å². The third-order valence-corrected chi connectivity index (χ3v) is 7.69. The zero-order valence-corrected chi connectivity index (χ0v) is 26.9. The van der Waals surface area contributed by atoms with Crippen LogP contribution in [0.2, 0.25) is 0 Å². The van der Waals surface area contributed by atoms with Gasteiger partial charge in [0.15, 0.2) is 0 Å². The first kappa shape index (κ1) is 32.5. The maximum absolute atomic E-state index is 5.14. The topological polar surface area (TPSA) is 50.0 Å². The number of rotatable bonds is 13. The molecule has 0 atom stereocenters. The first-order valence-electron chi connectivity index (χ1n) is 15.9. The standard InChI is InChI=1S/C40H46N4/c1-6-9-12-14-18-35(41-29-36-19-15-20-37(43-36)30(4)16-13-10-7-2)27-25-32(17-11-8-3)38-28-26-34-24-23-33-22-21-31(5)42-39(33)40(34)44-38/h6-11,14,17-19,23-28H,4,12-13,15-16,20-22,29H2,1-3,5H3/b9-6-,10-7-,11-8-,18-14-,27-25-,32-17+,41-35+. The lowest BCUT2D eigenvalue weighted by molar-refractivity contribution is 0.949. The molecule has 1 aromatic carbocycles. The molecule has 0 unspecified atom stereocenters. The van der Waals surface area contributed by atoms with Crippen molar-refractivity contribution in [2.45, 2.75) is 72.6 Å². The number of hydrogen-bond donors (Lipinski definition) is 0. The van der Waals surface area contributed by atoms with Crippen molar-refractivity contribution >= 4 is 39.3 Å². The highest BCUT2D eigenvalue weighted by atomic mass is 14.9. The third-order valence-electron chi connectivity index (χ3n) is 7.69. The van der Waals surface area contributed by atoms with Crippen molar-refractivity contribution in [3.63, 3.8) is 0 Å². The summed E-state index contributed by atoms with van der Waals surface area (Å²) in [4.78, 5) is 20.0. The SMILES string of the molecule is C=C(CC/C=C\C)C1=NC(C/N=C(\C=C/C/C=C\C)/C=C\C(=C/C=C\C)c2ccc3ccc4c(c3n2)N=C(C)CC4)=CCC1. The van der Waals surface area contributed by atoms with Crippen molar-refractivity contribution in [1.29, 1.82) is 0 Å². The molecule has 226 valence electrons. The van der Waals surface area contributed by atoms with E-state index >= 15 is 0 Å². The number of nitrogens with zero attached hydrogens (tertiary/aromatic N) is 4. The molecule has 0 bridgehead atoms. The van der Waals surface area contributed by atoms with Crippen LogP contribution in [0, 0.1) is 0 Å². The van der Waals surface area contributed by atoms with Crippen LogP contribution in [0.4, 0.5) is 5.69 Å². The fourth-order valence-corrected chi connectivity index (χ4v) is 5.18. The lowest BCUT2D eigenvalue weighted by Crippen LogP contribution is -2.08. The quantitative estimate of drug-likeness (QED) is 0.132. The van der Waals surface area contributed by atoms with Crippen LogP contribution in [-0.2, 0) is 6.42 Å². The number of benzene rings is 1. The number of hydrogen-bond acceptors (Lipinski definition) is 4. The van der Waals surface area contributed by atoms with E-state index in [4.69, 9.17) is 20.0 Å². The van der Waals surface area contributed by atoms with Gasteiger partial charge in [0.05, 0.1) is 34.9 Å². The molecule has 0 amide bonds. The average molecular weight is 583 g/mol. The summed E-state index contributed by atoms with van der Waals surface area (Å²) in [5.74, 6) is 0. The Balaban J connectivity index is 1.63. The number of fused-ring (bicyclic) bond motifs is 3. The Kier molecular flexibility index (Phi) is 12.6. The van der Waals surface area contributed by atoms with Crippen molar-refractivity contribution in [3.05, 3.63) is 126 Å². The molecule has 0 radical (unpaired) electrons. The molecule has 2 aromatic rings. The van der Waals surface area contributed by atoms with Gasteiger partial charge in [-0.25, -0.2) is 4.98 Å². The van der Waals surface area contributed by atoms with Crippen molar-refractivity contribution in [3.8, 4) is 0 Å². The fraction of sp³-hybridized carbons (Fsp3) is 0.300. The highest BCUT2D eigenvalue weighted by Gasteiger charge is 2.15. The second kappa shape index (κ2) is 17.0. The van der Waals surface area contributed by atoms with Crippen LogP contribution in [0.15, 0.2) is 130 Å². The number of aliphatic imine (C=N–C) groups is 3. The summed E-state index contributed by atoms with van der Waals surface area (Å²) in [6, 6.07) is 8.61. The maximum Gasteiger partial charge on any atom is 0.0968 e. The molecule has 4 nitrogen and oxygen atoms in total. The smallest absolute Gasteiger partial charge is 0.0968 e.